The molecule has 0 saturated carbocycles. The van der Waals surface area contributed by atoms with E-state index in [0.29, 0.717) is 22.2 Å². The van der Waals surface area contributed by atoms with E-state index in [1.807, 2.05) is 53.2 Å². The van der Waals surface area contributed by atoms with Gasteiger partial charge in [0.05, 0.1) is 18.2 Å². The van der Waals surface area contributed by atoms with Crippen molar-refractivity contribution in [1.82, 2.24) is 4.57 Å². The Kier molecular flexibility index (Phi) is 3.40. The maximum Gasteiger partial charge on any atom is 0.0992 e. The van der Waals surface area contributed by atoms with Crippen molar-refractivity contribution < 1.29 is 0 Å². The SMILES string of the molecule is N#Cc1ccc2ccn(Cc3c(Cl)cccc3Cl)c2c1. The summed E-state index contributed by atoms with van der Waals surface area (Å²) >= 11 is 12.4. The number of hydrogen-bond acceptors (Lipinski definition) is 1. The van der Waals surface area contributed by atoms with Crippen molar-refractivity contribution in [2.24, 2.45) is 0 Å². The van der Waals surface area contributed by atoms with Crippen molar-refractivity contribution in [1.29, 1.82) is 5.26 Å². The highest BCUT2D eigenvalue weighted by Crippen LogP contribution is 2.27. The van der Waals surface area contributed by atoms with Gasteiger partial charge in [-0.3, -0.25) is 0 Å². The molecule has 0 aliphatic heterocycles. The number of hydrogen-bond donors (Lipinski definition) is 0. The molecule has 2 aromatic carbocycles. The number of aromatic nitrogens is 1. The molecule has 0 spiro atoms. The molecule has 0 fully saturated rings. The first kappa shape index (κ1) is 13.1. The molecule has 0 saturated heterocycles. The Labute approximate surface area is 126 Å². The molecule has 0 atom stereocenters. The number of benzene rings is 2. The number of nitrogens with zero attached hydrogens (tertiary/aromatic N) is 2. The van der Waals surface area contributed by atoms with Crippen LogP contribution in [0.5, 0.6) is 0 Å². The largest absolute Gasteiger partial charge is 0.343 e. The van der Waals surface area contributed by atoms with Gasteiger partial charge in [-0.05, 0) is 35.7 Å². The third-order valence-electron chi connectivity index (χ3n) is 3.29. The summed E-state index contributed by atoms with van der Waals surface area (Å²) in [6.07, 6.45) is 1.98. The van der Waals surface area contributed by atoms with Gasteiger partial charge in [0.15, 0.2) is 0 Å². The fraction of sp³-hybridized carbons (Fsp3) is 0.0625. The van der Waals surface area contributed by atoms with Crippen molar-refractivity contribution in [3.8, 4) is 6.07 Å². The molecule has 1 aromatic heterocycles. The zero-order chi connectivity index (χ0) is 14.1. The summed E-state index contributed by atoms with van der Waals surface area (Å²) in [5.74, 6) is 0. The van der Waals surface area contributed by atoms with Gasteiger partial charge in [-0.1, -0.05) is 35.3 Å². The van der Waals surface area contributed by atoms with E-state index in [-0.39, 0.29) is 0 Å². The van der Waals surface area contributed by atoms with Crippen molar-refractivity contribution in [2.45, 2.75) is 6.54 Å². The zero-order valence-electron chi connectivity index (χ0n) is 10.5. The van der Waals surface area contributed by atoms with Gasteiger partial charge >= 0.3 is 0 Å². The van der Waals surface area contributed by atoms with E-state index in [1.165, 1.54) is 0 Å². The molecule has 0 radical (unpaired) electrons. The first-order chi connectivity index (χ1) is 9.69. The molecule has 0 aliphatic carbocycles. The standard InChI is InChI=1S/C16H10Cl2N2/c17-14-2-1-3-15(18)13(14)10-20-7-6-12-5-4-11(9-19)8-16(12)20/h1-8H,10H2. The third-order valence-corrected chi connectivity index (χ3v) is 4.00. The molecular weight excluding hydrogens is 291 g/mol. The van der Waals surface area contributed by atoms with Gasteiger partial charge in [0.1, 0.15) is 0 Å². The highest BCUT2D eigenvalue weighted by molar-refractivity contribution is 6.36. The topological polar surface area (TPSA) is 28.7 Å². The van der Waals surface area contributed by atoms with Gasteiger partial charge in [-0.2, -0.15) is 5.26 Å². The molecule has 0 N–H and O–H groups in total. The first-order valence-corrected chi connectivity index (χ1v) is 6.86. The second-order valence-corrected chi connectivity index (χ2v) is 5.34. The smallest absolute Gasteiger partial charge is 0.0992 e. The molecule has 98 valence electrons. The van der Waals surface area contributed by atoms with Crippen LogP contribution >= 0.6 is 23.2 Å². The molecule has 0 aliphatic rings. The van der Waals surface area contributed by atoms with Gasteiger partial charge in [0.25, 0.3) is 0 Å². The summed E-state index contributed by atoms with van der Waals surface area (Å²) in [6.45, 7) is 0.580. The molecule has 0 amide bonds. The Hall–Kier alpha value is -1.95. The summed E-state index contributed by atoms with van der Waals surface area (Å²) in [6, 6.07) is 15.3. The second-order valence-electron chi connectivity index (χ2n) is 4.53. The minimum Gasteiger partial charge on any atom is -0.343 e. The van der Waals surface area contributed by atoms with Crippen molar-refractivity contribution in [2.75, 3.05) is 0 Å². The Balaban J connectivity index is 2.09. The normalized spacial score (nSPS) is 10.7. The number of fused-ring (bicyclic) bond motifs is 1. The second kappa shape index (κ2) is 5.20. The summed E-state index contributed by atoms with van der Waals surface area (Å²) in [7, 11) is 0. The molecule has 4 heteroatoms. The fourth-order valence-corrected chi connectivity index (χ4v) is 2.76. The molecule has 20 heavy (non-hydrogen) atoms. The fourth-order valence-electron chi connectivity index (χ4n) is 2.25. The lowest BCUT2D eigenvalue weighted by Gasteiger charge is -2.09. The highest BCUT2D eigenvalue weighted by Gasteiger charge is 2.08. The third kappa shape index (κ3) is 2.27. The Morgan fingerprint density at radius 2 is 1.80 bits per heavy atom. The number of rotatable bonds is 2. The summed E-state index contributed by atoms with van der Waals surface area (Å²) < 4.78 is 2.04. The van der Waals surface area contributed by atoms with Crippen LogP contribution in [0.15, 0.2) is 48.7 Å². The van der Waals surface area contributed by atoms with Gasteiger partial charge in [0.2, 0.25) is 0 Å². The number of halogens is 2. The van der Waals surface area contributed by atoms with Crippen LogP contribution < -0.4 is 0 Å². The lowest BCUT2D eigenvalue weighted by atomic mass is 10.2. The van der Waals surface area contributed by atoms with Crippen LogP contribution in [0.25, 0.3) is 10.9 Å². The van der Waals surface area contributed by atoms with E-state index in [9.17, 15) is 0 Å². The van der Waals surface area contributed by atoms with Crippen molar-refractivity contribution in [3.63, 3.8) is 0 Å². The van der Waals surface area contributed by atoms with E-state index in [1.54, 1.807) is 0 Å². The van der Waals surface area contributed by atoms with Crippen molar-refractivity contribution >= 4 is 34.1 Å². The molecule has 3 aromatic rings. The molecule has 3 rings (SSSR count). The van der Waals surface area contributed by atoms with Gasteiger partial charge < -0.3 is 4.57 Å². The van der Waals surface area contributed by atoms with E-state index in [4.69, 9.17) is 28.5 Å². The summed E-state index contributed by atoms with van der Waals surface area (Å²) in [4.78, 5) is 0. The molecule has 0 bridgehead atoms. The molecular formula is C16H10Cl2N2. The number of nitriles is 1. The lowest BCUT2D eigenvalue weighted by Crippen LogP contribution is -1.99. The van der Waals surface area contributed by atoms with Gasteiger partial charge in [-0.25, -0.2) is 0 Å². The molecule has 1 heterocycles. The van der Waals surface area contributed by atoms with Crippen LogP contribution in [0.1, 0.15) is 11.1 Å². The zero-order valence-corrected chi connectivity index (χ0v) is 12.0. The Morgan fingerprint density at radius 1 is 1.05 bits per heavy atom. The van der Waals surface area contributed by atoms with Crippen LogP contribution in [0.4, 0.5) is 0 Å². The van der Waals surface area contributed by atoms with E-state index >= 15 is 0 Å². The van der Waals surface area contributed by atoms with Crippen LogP contribution in [0.2, 0.25) is 10.0 Å². The molecule has 0 unspecified atom stereocenters. The Bertz CT molecular complexity index is 808. The predicted octanol–water partition coefficient (Wildman–Crippen LogP) is 4.87. The van der Waals surface area contributed by atoms with E-state index in [0.717, 1.165) is 16.5 Å². The predicted molar refractivity (Wildman–Crippen MR) is 82.2 cm³/mol. The average molecular weight is 301 g/mol. The van der Waals surface area contributed by atoms with Gasteiger partial charge in [0, 0.05) is 27.3 Å². The van der Waals surface area contributed by atoms with Crippen LogP contribution in [-0.4, -0.2) is 4.57 Å². The monoisotopic (exact) mass is 300 g/mol. The van der Waals surface area contributed by atoms with E-state index < -0.39 is 0 Å². The van der Waals surface area contributed by atoms with Crippen LogP contribution in [0.3, 0.4) is 0 Å². The Morgan fingerprint density at radius 3 is 2.50 bits per heavy atom. The quantitative estimate of drug-likeness (QED) is 0.664. The van der Waals surface area contributed by atoms with E-state index in [2.05, 4.69) is 6.07 Å². The highest BCUT2D eigenvalue weighted by atomic mass is 35.5. The van der Waals surface area contributed by atoms with Gasteiger partial charge in [-0.15, -0.1) is 0 Å². The average Bonchev–Trinajstić information content (AvgIpc) is 2.85. The lowest BCUT2D eigenvalue weighted by molar-refractivity contribution is 0.837. The maximum absolute atomic E-state index is 9.00. The minimum atomic E-state index is 0.580. The first-order valence-electron chi connectivity index (χ1n) is 6.11. The maximum atomic E-state index is 9.00. The summed E-state index contributed by atoms with van der Waals surface area (Å²) in [5, 5.41) is 11.4. The van der Waals surface area contributed by atoms with Crippen molar-refractivity contribution in [3.05, 3.63) is 69.8 Å². The van der Waals surface area contributed by atoms with Crippen LogP contribution in [0, 0.1) is 11.3 Å². The molecule has 2 nitrogen and oxygen atoms in total. The van der Waals surface area contributed by atoms with Crippen LogP contribution in [-0.2, 0) is 6.54 Å². The summed E-state index contributed by atoms with van der Waals surface area (Å²) in [5.41, 5.74) is 2.53. The minimum absolute atomic E-state index is 0.580.